The summed E-state index contributed by atoms with van der Waals surface area (Å²) in [5, 5.41) is 6.39. The van der Waals surface area contributed by atoms with Crippen molar-refractivity contribution in [3.8, 4) is 0 Å². The van der Waals surface area contributed by atoms with Gasteiger partial charge in [-0.2, -0.15) is 0 Å². The fraction of sp³-hybridized carbons (Fsp3) is 0.643. The predicted octanol–water partition coefficient (Wildman–Crippen LogP) is 1.65. The summed E-state index contributed by atoms with van der Waals surface area (Å²) in [5.74, 6) is 0.122. The highest BCUT2D eigenvalue weighted by molar-refractivity contribution is 5.76. The van der Waals surface area contributed by atoms with E-state index in [1.54, 1.807) is 0 Å². The predicted molar refractivity (Wildman–Crippen MR) is 72.2 cm³/mol. The fourth-order valence-corrected chi connectivity index (χ4v) is 1.91. The van der Waals surface area contributed by atoms with Crippen molar-refractivity contribution < 1.29 is 4.79 Å². The van der Waals surface area contributed by atoms with E-state index in [9.17, 15) is 4.79 Å². The lowest BCUT2D eigenvalue weighted by atomic mass is 10.3. The monoisotopic (exact) mass is 249 g/mol. The van der Waals surface area contributed by atoms with Crippen molar-refractivity contribution in [1.82, 2.24) is 15.2 Å². The van der Waals surface area contributed by atoms with Crippen molar-refractivity contribution in [3.63, 3.8) is 0 Å². The van der Waals surface area contributed by atoms with E-state index in [2.05, 4.69) is 27.5 Å². The van der Waals surface area contributed by atoms with Crippen LogP contribution in [0.3, 0.4) is 0 Å². The summed E-state index contributed by atoms with van der Waals surface area (Å²) in [6.45, 7) is 5.66. The Kier molecular flexibility index (Phi) is 4.42. The molecular formula is C14H23N3O. The minimum absolute atomic E-state index is 0.122. The van der Waals surface area contributed by atoms with Gasteiger partial charge in [0, 0.05) is 44.0 Å². The van der Waals surface area contributed by atoms with Gasteiger partial charge < -0.3 is 15.2 Å². The first kappa shape index (κ1) is 13.1. The molecule has 0 saturated heterocycles. The maximum Gasteiger partial charge on any atom is 0.221 e. The molecule has 1 heterocycles. The van der Waals surface area contributed by atoms with E-state index in [1.807, 2.05) is 20.0 Å². The summed E-state index contributed by atoms with van der Waals surface area (Å²) in [4.78, 5) is 11.5. The standard InChI is InChI=1S/C14H23N3O/c1-11(2)16-14(18)6-8-17-7-5-12(10-17)9-15-13-3-4-13/h5,7,10-11,13,15H,3-4,6,8-9H2,1-2H3,(H,16,18). The molecule has 1 aliphatic rings. The van der Waals surface area contributed by atoms with Crippen molar-refractivity contribution in [3.05, 3.63) is 24.0 Å². The number of rotatable bonds is 7. The number of aryl methyl sites for hydroxylation is 1. The van der Waals surface area contributed by atoms with Gasteiger partial charge in [0.2, 0.25) is 5.91 Å². The summed E-state index contributed by atoms with van der Waals surface area (Å²) in [7, 11) is 0. The molecule has 2 rings (SSSR count). The Hall–Kier alpha value is -1.29. The first-order valence-corrected chi connectivity index (χ1v) is 6.81. The van der Waals surface area contributed by atoms with Crippen LogP contribution in [0.4, 0.5) is 0 Å². The molecule has 18 heavy (non-hydrogen) atoms. The van der Waals surface area contributed by atoms with Crippen LogP contribution in [0.15, 0.2) is 18.5 Å². The Balaban J connectivity index is 1.70. The second kappa shape index (κ2) is 6.05. The van der Waals surface area contributed by atoms with Gasteiger partial charge in [0.15, 0.2) is 0 Å². The molecule has 0 aromatic carbocycles. The van der Waals surface area contributed by atoms with Gasteiger partial charge in [-0.25, -0.2) is 0 Å². The Morgan fingerprint density at radius 1 is 1.50 bits per heavy atom. The Labute approximate surface area is 109 Å². The van der Waals surface area contributed by atoms with Crippen LogP contribution in [0.25, 0.3) is 0 Å². The SMILES string of the molecule is CC(C)NC(=O)CCn1ccc(CNC2CC2)c1. The Morgan fingerprint density at radius 2 is 2.28 bits per heavy atom. The van der Waals surface area contributed by atoms with Crippen LogP contribution < -0.4 is 10.6 Å². The summed E-state index contributed by atoms with van der Waals surface area (Å²) in [5.41, 5.74) is 1.30. The van der Waals surface area contributed by atoms with Crippen molar-refractivity contribution in [1.29, 1.82) is 0 Å². The molecule has 4 nitrogen and oxygen atoms in total. The van der Waals surface area contributed by atoms with E-state index in [1.165, 1.54) is 18.4 Å². The number of nitrogens with zero attached hydrogens (tertiary/aromatic N) is 1. The number of hydrogen-bond acceptors (Lipinski definition) is 2. The van der Waals surface area contributed by atoms with Gasteiger partial charge in [-0.1, -0.05) is 0 Å². The Bertz CT molecular complexity index is 393. The van der Waals surface area contributed by atoms with Crippen molar-refractivity contribution in [2.75, 3.05) is 0 Å². The van der Waals surface area contributed by atoms with Crippen LogP contribution >= 0.6 is 0 Å². The highest BCUT2D eigenvalue weighted by atomic mass is 16.1. The number of aromatic nitrogens is 1. The molecule has 100 valence electrons. The van der Waals surface area contributed by atoms with Crippen LogP contribution in [-0.2, 0) is 17.9 Å². The normalized spacial score (nSPS) is 15.1. The maximum atomic E-state index is 11.5. The zero-order chi connectivity index (χ0) is 13.0. The average Bonchev–Trinajstić information content (AvgIpc) is 3.02. The molecule has 1 fully saturated rings. The molecule has 0 atom stereocenters. The van der Waals surface area contributed by atoms with Gasteiger partial charge in [-0.05, 0) is 38.3 Å². The minimum Gasteiger partial charge on any atom is -0.354 e. The van der Waals surface area contributed by atoms with E-state index >= 15 is 0 Å². The molecule has 0 radical (unpaired) electrons. The zero-order valence-corrected chi connectivity index (χ0v) is 11.3. The third-order valence-corrected chi connectivity index (χ3v) is 3.03. The average molecular weight is 249 g/mol. The molecule has 0 bridgehead atoms. The zero-order valence-electron chi connectivity index (χ0n) is 11.3. The molecule has 1 aliphatic carbocycles. The van der Waals surface area contributed by atoms with E-state index < -0.39 is 0 Å². The van der Waals surface area contributed by atoms with Gasteiger partial charge >= 0.3 is 0 Å². The van der Waals surface area contributed by atoms with Crippen LogP contribution in [-0.4, -0.2) is 22.6 Å². The number of nitrogens with one attached hydrogen (secondary N) is 2. The van der Waals surface area contributed by atoms with E-state index in [4.69, 9.17) is 0 Å². The number of carbonyl (C=O) groups is 1. The van der Waals surface area contributed by atoms with E-state index in [0.29, 0.717) is 6.42 Å². The largest absolute Gasteiger partial charge is 0.354 e. The topological polar surface area (TPSA) is 46.1 Å². The smallest absolute Gasteiger partial charge is 0.221 e. The third-order valence-electron chi connectivity index (χ3n) is 3.03. The molecule has 0 unspecified atom stereocenters. The quantitative estimate of drug-likeness (QED) is 0.772. The van der Waals surface area contributed by atoms with Crippen LogP contribution in [0, 0.1) is 0 Å². The van der Waals surface area contributed by atoms with E-state index in [-0.39, 0.29) is 11.9 Å². The second-order valence-corrected chi connectivity index (χ2v) is 5.38. The molecule has 1 aromatic rings. The molecular weight excluding hydrogens is 226 g/mol. The summed E-state index contributed by atoms with van der Waals surface area (Å²) < 4.78 is 2.09. The van der Waals surface area contributed by atoms with Crippen molar-refractivity contribution in [2.45, 2.75) is 58.3 Å². The first-order chi connectivity index (χ1) is 8.63. The molecule has 1 amide bonds. The highest BCUT2D eigenvalue weighted by Crippen LogP contribution is 2.19. The third kappa shape index (κ3) is 4.53. The molecule has 0 spiro atoms. The summed E-state index contributed by atoms with van der Waals surface area (Å²) >= 11 is 0. The van der Waals surface area contributed by atoms with Gasteiger partial charge in [0.05, 0.1) is 0 Å². The molecule has 0 aliphatic heterocycles. The first-order valence-electron chi connectivity index (χ1n) is 6.81. The molecule has 1 aromatic heterocycles. The number of amides is 1. The van der Waals surface area contributed by atoms with Gasteiger partial charge in [0.25, 0.3) is 0 Å². The van der Waals surface area contributed by atoms with Crippen LogP contribution in [0.2, 0.25) is 0 Å². The van der Waals surface area contributed by atoms with Gasteiger partial charge in [0.1, 0.15) is 0 Å². The summed E-state index contributed by atoms with van der Waals surface area (Å²) in [6.07, 6.45) is 7.35. The fourth-order valence-electron chi connectivity index (χ4n) is 1.91. The lowest BCUT2D eigenvalue weighted by molar-refractivity contribution is -0.121. The molecule has 4 heteroatoms. The maximum absolute atomic E-state index is 11.5. The van der Waals surface area contributed by atoms with Gasteiger partial charge in [-0.15, -0.1) is 0 Å². The van der Waals surface area contributed by atoms with Crippen molar-refractivity contribution in [2.24, 2.45) is 0 Å². The summed E-state index contributed by atoms with van der Waals surface area (Å²) in [6, 6.07) is 3.08. The lowest BCUT2D eigenvalue weighted by Gasteiger charge is -2.08. The van der Waals surface area contributed by atoms with E-state index in [0.717, 1.165) is 19.1 Å². The number of carbonyl (C=O) groups excluding carboxylic acids is 1. The highest BCUT2D eigenvalue weighted by Gasteiger charge is 2.19. The van der Waals surface area contributed by atoms with Crippen molar-refractivity contribution >= 4 is 5.91 Å². The minimum atomic E-state index is 0.122. The second-order valence-electron chi connectivity index (χ2n) is 5.38. The van der Waals surface area contributed by atoms with Crippen LogP contribution in [0.5, 0.6) is 0 Å². The number of hydrogen-bond donors (Lipinski definition) is 2. The molecule has 2 N–H and O–H groups in total. The molecule has 1 saturated carbocycles. The lowest BCUT2D eigenvalue weighted by Crippen LogP contribution is -2.30. The Morgan fingerprint density at radius 3 is 2.94 bits per heavy atom. The van der Waals surface area contributed by atoms with Gasteiger partial charge in [-0.3, -0.25) is 4.79 Å². The van der Waals surface area contributed by atoms with Crippen LogP contribution in [0.1, 0.15) is 38.7 Å².